The van der Waals surface area contributed by atoms with Gasteiger partial charge < -0.3 is 10.2 Å². The minimum atomic E-state index is -0.108. The van der Waals surface area contributed by atoms with Gasteiger partial charge >= 0.3 is 6.03 Å². The molecule has 0 spiro atoms. The molecule has 0 aliphatic carbocycles. The summed E-state index contributed by atoms with van der Waals surface area (Å²) in [6, 6.07) is 19.7. The zero-order chi connectivity index (χ0) is 17.6. The highest BCUT2D eigenvalue weighted by molar-refractivity contribution is 5.74. The highest BCUT2D eigenvalue weighted by Crippen LogP contribution is 2.13. The first-order valence-electron chi connectivity index (χ1n) is 8.29. The van der Waals surface area contributed by atoms with Crippen molar-refractivity contribution < 1.29 is 4.79 Å². The van der Waals surface area contributed by atoms with E-state index in [-0.39, 0.29) is 12.1 Å². The molecule has 3 aromatic rings. The van der Waals surface area contributed by atoms with Crippen molar-refractivity contribution in [3.05, 3.63) is 84.2 Å². The summed E-state index contributed by atoms with van der Waals surface area (Å²) in [5, 5.41) is 7.38. The number of benzene rings is 2. The van der Waals surface area contributed by atoms with Gasteiger partial charge in [-0.2, -0.15) is 5.10 Å². The van der Waals surface area contributed by atoms with Crippen LogP contribution in [0.3, 0.4) is 0 Å². The van der Waals surface area contributed by atoms with Gasteiger partial charge in [0, 0.05) is 18.8 Å². The molecule has 0 aliphatic heterocycles. The SMILES string of the molecule is CC(NC(=O)N(C)Cc1cnn(-c2ccccc2)c1)c1ccccc1. The first kappa shape index (κ1) is 16.8. The Morgan fingerprint density at radius 1 is 1.12 bits per heavy atom. The van der Waals surface area contributed by atoms with E-state index in [4.69, 9.17) is 0 Å². The molecular weight excluding hydrogens is 312 g/mol. The lowest BCUT2D eigenvalue weighted by Crippen LogP contribution is -2.38. The summed E-state index contributed by atoms with van der Waals surface area (Å²) in [4.78, 5) is 14.1. The molecule has 0 bridgehead atoms. The average molecular weight is 334 g/mol. The Hall–Kier alpha value is -3.08. The van der Waals surface area contributed by atoms with Crippen LogP contribution in [-0.2, 0) is 6.54 Å². The lowest BCUT2D eigenvalue weighted by Gasteiger charge is -2.21. The topological polar surface area (TPSA) is 50.2 Å². The summed E-state index contributed by atoms with van der Waals surface area (Å²) in [6.07, 6.45) is 3.73. The van der Waals surface area contributed by atoms with Crippen molar-refractivity contribution in [3.8, 4) is 5.69 Å². The van der Waals surface area contributed by atoms with Crippen molar-refractivity contribution >= 4 is 6.03 Å². The van der Waals surface area contributed by atoms with Crippen molar-refractivity contribution in [1.82, 2.24) is 20.0 Å². The van der Waals surface area contributed by atoms with Gasteiger partial charge in [-0.3, -0.25) is 0 Å². The summed E-state index contributed by atoms with van der Waals surface area (Å²) in [5.74, 6) is 0. The molecule has 0 saturated carbocycles. The highest BCUT2D eigenvalue weighted by atomic mass is 16.2. The Kier molecular flexibility index (Phi) is 5.14. The normalized spacial score (nSPS) is 11.8. The zero-order valence-corrected chi connectivity index (χ0v) is 14.5. The van der Waals surface area contributed by atoms with Crippen molar-refractivity contribution in [1.29, 1.82) is 0 Å². The Morgan fingerprint density at radius 3 is 2.44 bits per heavy atom. The maximum atomic E-state index is 12.4. The smallest absolute Gasteiger partial charge is 0.317 e. The van der Waals surface area contributed by atoms with Gasteiger partial charge in [-0.1, -0.05) is 48.5 Å². The second-order valence-corrected chi connectivity index (χ2v) is 6.07. The fourth-order valence-electron chi connectivity index (χ4n) is 2.63. The number of nitrogens with zero attached hydrogens (tertiary/aromatic N) is 3. The Morgan fingerprint density at radius 2 is 1.76 bits per heavy atom. The Labute approximate surface area is 147 Å². The summed E-state index contributed by atoms with van der Waals surface area (Å²) in [5.41, 5.74) is 3.06. The molecule has 0 radical (unpaired) electrons. The van der Waals surface area contributed by atoms with Crippen LogP contribution in [-0.4, -0.2) is 27.8 Å². The summed E-state index contributed by atoms with van der Waals surface area (Å²) < 4.78 is 1.81. The fraction of sp³-hybridized carbons (Fsp3) is 0.200. The van der Waals surface area contributed by atoms with Crippen molar-refractivity contribution in [3.63, 3.8) is 0 Å². The second kappa shape index (κ2) is 7.66. The minimum Gasteiger partial charge on any atom is -0.331 e. The molecule has 25 heavy (non-hydrogen) atoms. The zero-order valence-electron chi connectivity index (χ0n) is 14.5. The molecule has 2 aromatic carbocycles. The van der Waals surface area contributed by atoms with E-state index in [0.717, 1.165) is 16.8 Å². The van der Waals surface area contributed by atoms with Gasteiger partial charge in [0.2, 0.25) is 0 Å². The van der Waals surface area contributed by atoms with Crippen LogP contribution in [0.4, 0.5) is 4.79 Å². The van der Waals surface area contributed by atoms with Gasteiger partial charge in [-0.25, -0.2) is 9.48 Å². The van der Waals surface area contributed by atoms with E-state index >= 15 is 0 Å². The third-order valence-corrected chi connectivity index (χ3v) is 4.06. The van der Waals surface area contributed by atoms with Crippen molar-refractivity contribution in [2.24, 2.45) is 0 Å². The first-order valence-corrected chi connectivity index (χ1v) is 8.29. The maximum absolute atomic E-state index is 12.4. The van der Waals surface area contributed by atoms with E-state index in [0.29, 0.717) is 6.54 Å². The van der Waals surface area contributed by atoms with Crippen LogP contribution in [0.2, 0.25) is 0 Å². The Balaban J connectivity index is 1.59. The number of carbonyl (C=O) groups is 1. The molecule has 1 heterocycles. The molecule has 5 nitrogen and oxygen atoms in total. The number of aromatic nitrogens is 2. The van der Waals surface area contributed by atoms with E-state index in [1.54, 1.807) is 18.1 Å². The van der Waals surface area contributed by atoms with E-state index in [2.05, 4.69) is 10.4 Å². The number of amides is 2. The molecule has 1 N–H and O–H groups in total. The van der Waals surface area contributed by atoms with Crippen LogP contribution in [0.15, 0.2) is 73.1 Å². The van der Waals surface area contributed by atoms with E-state index < -0.39 is 0 Å². The Bertz CT molecular complexity index is 814. The van der Waals surface area contributed by atoms with Crippen molar-refractivity contribution in [2.75, 3.05) is 7.05 Å². The number of carbonyl (C=O) groups excluding carboxylic acids is 1. The molecule has 0 saturated heterocycles. The predicted octanol–water partition coefficient (Wildman–Crippen LogP) is 3.77. The van der Waals surface area contributed by atoms with E-state index in [9.17, 15) is 4.79 Å². The molecule has 1 aromatic heterocycles. The van der Waals surface area contributed by atoms with E-state index in [1.807, 2.05) is 78.5 Å². The van der Waals surface area contributed by atoms with Gasteiger partial charge in [0.25, 0.3) is 0 Å². The predicted molar refractivity (Wildman–Crippen MR) is 98.4 cm³/mol. The van der Waals surface area contributed by atoms with Crippen LogP contribution in [0.1, 0.15) is 24.1 Å². The number of rotatable bonds is 5. The first-order chi connectivity index (χ1) is 12.1. The number of para-hydroxylation sites is 1. The standard InChI is InChI=1S/C20H22N4O/c1-16(18-9-5-3-6-10-18)22-20(25)23(2)14-17-13-21-24(15-17)19-11-7-4-8-12-19/h3-13,15-16H,14H2,1-2H3,(H,22,25). The fourth-order valence-corrected chi connectivity index (χ4v) is 2.63. The molecule has 1 unspecified atom stereocenters. The highest BCUT2D eigenvalue weighted by Gasteiger charge is 2.14. The molecule has 0 fully saturated rings. The van der Waals surface area contributed by atoms with Gasteiger partial charge in [0.1, 0.15) is 0 Å². The number of hydrogen-bond donors (Lipinski definition) is 1. The van der Waals surface area contributed by atoms with Crippen LogP contribution >= 0.6 is 0 Å². The quantitative estimate of drug-likeness (QED) is 0.772. The summed E-state index contributed by atoms with van der Waals surface area (Å²) in [6.45, 7) is 2.48. The van der Waals surface area contributed by atoms with Gasteiger partial charge in [-0.05, 0) is 24.6 Å². The van der Waals surface area contributed by atoms with Crippen LogP contribution in [0.25, 0.3) is 5.69 Å². The molecule has 3 rings (SSSR count). The van der Waals surface area contributed by atoms with Crippen molar-refractivity contribution in [2.45, 2.75) is 19.5 Å². The number of nitrogens with one attached hydrogen (secondary N) is 1. The van der Waals surface area contributed by atoms with E-state index in [1.165, 1.54) is 0 Å². The lowest BCUT2D eigenvalue weighted by molar-refractivity contribution is 0.203. The molecule has 2 amide bonds. The van der Waals surface area contributed by atoms with Gasteiger partial charge in [-0.15, -0.1) is 0 Å². The number of urea groups is 1. The molecule has 0 aliphatic rings. The van der Waals surface area contributed by atoms with Crippen LogP contribution in [0, 0.1) is 0 Å². The minimum absolute atomic E-state index is 0.0387. The van der Waals surface area contributed by atoms with Crippen LogP contribution in [0.5, 0.6) is 0 Å². The maximum Gasteiger partial charge on any atom is 0.317 e. The molecule has 128 valence electrons. The monoisotopic (exact) mass is 334 g/mol. The molecular formula is C20H22N4O. The number of hydrogen-bond acceptors (Lipinski definition) is 2. The van der Waals surface area contributed by atoms with Crippen LogP contribution < -0.4 is 5.32 Å². The lowest BCUT2D eigenvalue weighted by atomic mass is 10.1. The summed E-state index contributed by atoms with van der Waals surface area (Å²) in [7, 11) is 1.78. The third-order valence-electron chi connectivity index (χ3n) is 4.06. The third kappa shape index (κ3) is 4.26. The summed E-state index contributed by atoms with van der Waals surface area (Å²) >= 11 is 0. The molecule has 5 heteroatoms. The second-order valence-electron chi connectivity index (χ2n) is 6.07. The largest absolute Gasteiger partial charge is 0.331 e. The molecule has 1 atom stereocenters. The van der Waals surface area contributed by atoms with Gasteiger partial charge in [0.05, 0.1) is 24.5 Å². The van der Waals surface area contributed by atoms with Gasteiger partial charge in [0.15, 0.2) is 0 Å². The average Bonchev–Trinajstić information content (AvgIpc) is 3.11.